The molecular weight excluding hydrogens is 314 g/mol. The number of halogens is 1. The predicted molar refractivity (Wildman–Crippen MR) is 89.1 cm³/mol. The Hall–Kier alpha value is -0.540. The lowest BCUT2D eigenvalue weighted by atomic mass is 9.85. The molecule has 0 heterocycles. The largest absolute Gasteiger partial charge is 0.382 e. The van der Waals surface area contributed by atoms with Gasteiger partial charge in [-0.2, -0.15) is 0 Å². The molecule has 1 saturated carbocycles. The van der Waals surface area contributed by atoms with Gasteiger partial charge in [-0.3, -0.25) is 0 Å². The van der Waals surface area contributed by atoms with E-state index in [0.29, 0.717) is 18.1 Å². The maximum Gasteiger partial charge on any atom is 0.0744 e. The summed E-state index contributed by atoms with van der Waals surface area (Å²) in [5.41, 5.74) is 2.94. The van der Waals surface area contributed by atoms with Crippen LogP contribution in [0.3, 0.4) is 0 Å². The van der Waals surface area contributed by atoms with Crippen LogP contribution in [0.1, 0.15) is 51.5 Å². The quantitative estimate of drug-likeness (QED) is 0.745. The fourth-order valence-electron chi connectivity index (χ4n) is 3.01. The molecule has 1 fully saturated rings. The van der Waals surface area contributed by atoms with Crippen molar-refractivity contribution in [3.63, 3.8) is 0 Å². The maximum atomic E-state index is 5.33. The average Bonchev–Trinajstić information content (AvgIpc) is 2.55. The molecule has 1 unspecified atom stereocenters. The summed E-state index contributed by atoms with van der Waals surface area (Å²) in [6.07, 6.45) is 6.49. The summed E-state index contributed by atoms with van der Waals surface area (Å²) in [6, 6.07) is 6.92. The molecule has 2 nitrogen and oxygen atoms in total. The van der Waals surface area contributed by atoms with Gasteiger partial charge in [0.15, 0.2) is 0 Å². The van der Waals surface area contributed by atoms with Crippen molar-refractivity contribution in [3.8, 4) is 0 Å². The molecule has 112 valence electrons. The second-order valence-corrected chi connectivity index (χ2v) is 7.49. The van der Waals surface area contributed by atoms with Crippen LogP contribution in [0, 0.1) is 5.41 Å². The van der Waals surface area contributed by atoms with Crippen LogP contribution < -0.4 is 5.32 Å². The van der Waals surface area contributed by atoms with Crippen molar-refractivity contribution >= 4 is 21.6 Å². The molecular formula is C17H26BrNO. The number of anilines is 1. The zero-order valence-corrected chi connectivity index (χ0v) is 14.4. The molecule has 1 aromatic carbocycles. The Balaban J connectivity index is 2.08. The van der Waals surface area contributed by atoms with Crippen LogP contribution in [0.15, 0.2) is 22.7 Å². The third-order valence-electron chi connectivity index (χ3n) is 4.34. The highest BCUT2D eigenvalue weighted by Crippen LogP contribution is 2.35. The number of hydrogen-bond acceptors (Lipinski definition) is 2. The van der Waals surface area contributed by atoms with Crippen molar-refractivity contribution < 1.29 is 4.74 Å². The van der Waals surface area contributed by atoms with E-state index in [1.165, 1.54) is 43.4 Å². The van der Waals surface area contributed by atoms with E-state index in [0.717, 1.165) is 4.47 Å². The highest BCUT2D eigenvalue weighted by molar-refractivity contribution is 9.10. The van der Waals surface area contributed by atoms with Crippen LogP contribution in [-0.4, -0.2) is 13.2 Å². The first-order valence-corrected chi connectivity index (χ1v) is 8.34. The highest BCUT2D eigenvalue weighted by Gasteiger charge is 2.24. The van der Waals surface area contributed by atoms with Crippen molar-refractivity contribution in [2.24, 2.45) is 5.41 Å². The smallest absolute Gasteiger partial charge is 0.0744 e. The first-order chi connectivity index (χ1) is 9.52. The summed E-state index contributed by atoms with van der Waals surface area (Å²) in [5, 5.41) is 3.74. The Bertz CT molecular complexity index is 445. The van der Waals surface area contributed by atoms with Gasteiger partial charge >= 0.3 is 0 Å². The molecule has 1 aliphatic rings. The van der Waals surface area contributed by atoms with Crippen LogP contribution >= 0.6 is 15.9 Å². The number of nitrogens with one attached hydrogen (secondary N) is 1. The van der Waals surface area contributed by atoms with Crippen molar-refractivity contribution in [2.45, 2.75) is 58.6 Å². The molecule has 3 heteroatoms. The minimum Gasteiger partial charge on any atom is -0.382 e. The van der Waals surface area contributed by atoms with Crippen LogP contribution in [0.5, 0.6) is 0 Å². The summed E-state index contributed by atoms with van der Waals surface area (Å²) in [7, 11) is 1.75. The van der Waals surface area contributed by atoms with E-state index < -0.39 is 0 Å². The number of methoxy groups -OCH3 is 1. The molecule has 0 amide bonds. The standard InChI is InChI=1S/C17H26BrNO/c1-17(2)10-5-6-13(9-11-17)19-16-8-4-7-15(18)14(16)12-20-3/h4,7-8,13,19H,5-6,9-12H2,1-3H3. The van der Waals surface area contributed by atoms with E-state index in [1.54, 1.807) is 7.11 Å². The van der Waals surface area contributed by atoms with Gasteiger partial charge in [0, 0.05) is 28.9 Å². The monoisotopic (exact) mass is 339 g/mol. The van der Waals surface area contributed by atoms with E-state index in [1.807, 2.05) is 0 Å². The summed E-state index contributed by atoms with van der Waals surface area (Å²) in [4.78, 5) is 0. The van der Waals surface area contributed by atoms with Crippen molar-refractivity contribution in [1.82, 2.24) is 0 Å². The lowest BCUT2D eigenvalue weighted by Crippen LogP contribution is -2.20. The Morgan fingerprint density at radius 2 is 2.10 bits per heavy atom. The van der Waals surface area contributed by atoms with E-state index in [2.05, 4.69) is 53.3 Å². The van der Waals surface area contributed by atoms with Crippen LogP contribution in [0.25, 0.3) is 0 Å². The number of benzene rings is 1. The first kappa shape index (κ1) is 15.8. The number of rotatable bonds is 4. The van der Waals surface area contributed by atoms with Gasteiger partial charge in [-0.1, -0.05) is 42.3 Å². The Labute approximate surface area is 131 Å². The summed E-state index contributed by atoms with van der Waals surface area (Å²) in [6.45, 7) is 5.43. The normalized spacial score (nSPS) is 22.3. The lowest BCUT2D eigenvalue weighted by molar-refractivity contribution is 0.185. The average molecular weight is 340 g/mol. The maximum absolute atomic E-state index is 5.33. The summed E-state index contributed by atoms with van der Waals surface area (Å²) in [5.74, 6) is 0. The molecule has 1 atom stereocenters. The van der Waals surface area contributed by atoms with Crippen molar-refractivity contribution in [2.75, 3.05) is 12.4 Å². The molecule has 0 aromatic heterocycles. The van der Waals surface area contributed by atoms with Crippen molar-refractivity contribution in [3.05, 3.63) is 28.2 Å². The van der Waals surface area contributed by atoms with Gasteiger partial charge < -0.3 is 10.1 Å². The van der Waals surface area contributed by atoms with Crippen LogP contribution in [0.2, 0.25) is 0 Å². The molecule has 1 aliphatic carbocycles. The molecule has 0 spiro atoms. The van der Waals surface area contributed by atoms with Gasteiger partial charge in [0.05, 0.1) is 6.61 Å². The molecule has 2 rings (SSSR count). The Morgan fingerprint density at radius 1 is 1.30 bits per heavy atom. The molecule has 1 aromatic rings. The molecule has 20 heavy (non-hydrogen) atoms. The topological polar surface area (TPSA) is 21.3 Å². The zero-order valence-electron chi connectivity index (χ0n) is 12.8. The highest BCUT2D eigenvalue weighted by atomic mass is 79.9. The van der Waals surface area contributed by atoms with Crippen molar-refractivity contribution in [1.29, 1.82) is 0 Å². The summed E-state index contributed by atoms with van der Waals surface area (Å²) < 4.78 is 6.45. The second kappa shape index (κ2) is 6.95. The van der Waals surface area contributed by atoms with E-state index in [4.69, 9.17) is 4.74 Å². The molecule has 0 saturated heterocycles. The Morgan fingerprint density at radius 3 is 2.85 bits per heavy atom. The van der Waals surface area contributed by atoms with Crippen LogP contribution in [-0.2, 0) is 11.3 Å². The molecule has 0 radical (unpaired) electrons. The fourth-order valence-corrected chi connectivity index (χ4v) is 3.49. The molecule has 0 aliphatic heterocycles. The van der Waals surface area contributed by atoms with Gasteiger partial charge in [-0.05, 0) is 43.2 Å². The third-order valence-corrected chi connectivity index (χ3v) is 5.09. The van der Waals surface area contributed by atoms with Gasteiger partial charge in [0.1, 0.15) is 0 Å². The minimum absolute atomic E-state index is 0.503. The van der Waals surface area contributed by atoms with Gasteiger partial charge in [0.2, 0.25) is 0 Å². The predicted octanol–water partition coefficient (Wildman–Crippen LogP) is 5.37. The zero-order chi connectivity index (χ0) is 14.6. The molecule has 1 N–H and O–H groups in total. The minimum atomic E-state index is 0.503. The van der Waals surface area contributed by atoms with E-state index in [9.17, 15) is 0 Å². The second-order valence-electron chi connectivity index (χ2n) is 6.64. The Kier molecular flexibility index (Phi) is 5.50. The van der Waals surface area contributed by atoms with Crippen LogP contribution in [0.4, 0.5) is 5.69 Å². The van der Waals surface area contributed by atoms with E-state index >= 15 is 0 Å². The first-order valence-electron chi connectivity index (χ1n) is 7.55. The van der Waals surface area contributed by atoms with Gasteiger partial charge in [-0.25, -0.2) is 0 Å². The third kappa shape index (κ3) is 4.23. The summed E-state index contributed by atoms with van der Waals surface area (Å²) >= 11 is 3.63. The number of ether oxygens (including phenoxy) is 1. The van der Waals surface area contributed by atoms with Gasteiger partial charge in [0.25, 0.3) is 0 Å². The van der Waals surface area contributed by atoms with E-state index in [-0.39, 0.29) is 0 Å². The fraction of sp³-hybridized carbons (Fsp3) is 0.647. The number of hydrogen-bond donors (Lipinski definition) is 1. The molecule has 0 bridgehead atoms. The lowest BCUT2D eigenvalue weighted by Gasteiger charge is -2.23. The SMILES string of the molecule is COCc1c(Br)cccc1NC1CCCC(C)(C)CC1. The van der Waals surface area contributed by atoms with Gasteiger partial charge in [-0.15, -0.1) is 0 Å².